The van der Waals surface area contributed by atoms with Crippen molar-refractivity contribution in [2.24, 2.45) is 0 Å². The molecule has 0 spiro atoms. The van der Waals surface area contributed by atoms with Crippen molar-refractivity contribution >= 4 is 22.5 Å². The number of halogens is 1. The maximum atomic E-state index is 6.20. The van der Waals surface area contributed by atoms with Crippen LogP contribution in [0.25, 0.3) is 10.9 Å². The minimum atomic E-state index is 0.750. The van der Waals surface area contributed by atoms with Crippen molar-refractivity contribution in [1.82, 2.24) is 20.3 Å². The summed E-state index contributed by atoms with van der Waals surface area (Å²) in [4.78, 5) is 11.8. The summed E-state index contributed by atoms with van der Waals surface area (Å²) in [5.41, 5.74) is 2.15. The third kappa shape index (κ3) is 3.40. The number of benzene rings is 1. The van der Waals surface area contributed by atoms with Crippen LogP contribution >= 0.6 is 11.6 Å². The molecule has 108 valence electrons. The Morgan fingerprint density at radius 1 is 1.14 bits per heavy atom. The van der Waals surface area contributed by atoms with Gasteiger partial charge in [-0.1, -0.05) is 17.7 Å². The van der Waals surface area contributed by atoms with Crippen molar-refractivity contribution in [2.75, 3.05) is 6.54 Å². The minimum Gasteiger partial charge on any atom is -0.349 e. The number of aryl methyl sites for hydroxylation is 1. The quantitative estimate of drug-likeness (QED) is 0.687. The van der Waals surface area contributed by atoms with Gasteiger partial charge in [0.2, 0.25) is 0 Å². The van der Waals surface area contributed by atoms with E-state index in [9.17, 15) is 0 Å². The Labute approximate surface area is 128 Å². The van der Waals surface area contributed by atoms with Gasteiger partial charge in [0.25, 0.3) is 0 Å². The molecule has 21 heavy (non-hydrogen) atoms. The molecule has 0 saturated heterocycles. The molecule has 1 aromatic carbocycles. The van der Waals surface area contributed by atoms with Gasteiger partial charge in [0.1, 0.15) is 5.82 Å². The molecule has 0 aliphatic carbocycles. The minimum absolute atomic E-state index is 0.750. The van der Waals surface area contributed by atoms with E-state index in [-0.39, 0.29) is 0 Å². The van der Waals surface area contributed by atoms with Gasteiger partial charge in [-0.25, -0.2) is 4.98 Å². The fraction of sp³-hybridized carbons (Fsp3) is 0.250. The number of hydrogen-bond donors (Lipinski definition) is 2. The van der Waals surface area contributed by atoms with Gasteiger partial charge in [-0.2, -0.15) is 0 Å². The molecule has 0 fully saturated rings. The Kier molecular flexibility index (Phi) is 4.48. The Hall–Kier alpha value is -1.91. The summed E-state index contributed by atoms with van der Waals surface area (Å²) in [6.07, 6.45) is 7.45. The number of imidazole rings is 1. The van der Waals surface area contributed by atoms with Crippen LogP contribution in [-0.2, 0) is 13.0 Å². The standard InChI is InChI=1S/C16H17ClN4/c17-14-6-5-12(16-13(14)3-1-8-21-16)11-18-7-2-4-15-19-9-10-20-15/h1,3,5-6,8-10,18H,2,4,7,11H2,(H,19,20). The molecule has 0 bridgehead atoms. The predicted octanol–water partition coefficient (Wildman–Crippen LogP) is 3.33. The lowest BCUT2D eigenvalue weighted by Crippen LogP contribution is -2.16. The van der Waals surface area contributed by atoms with Crippen LogP contribution in [0.4, 0.5) is 0 Å². The highest BCUT2D eigenvalue weighted by molar-refractivity contribution is 6.35. The van der Waals surface area contributed by atoms with Gasteiger partial charge >= 0.3 is 0 Å². The van der Waals surface area contributed by atoms with Crippen LogP contribution in [0.3, 0.4) is 0 Å². The molecule has 3 aromatic rings. The number of fused-ring (bicyclic) bond motifs is 1. The van der Waals surface area contributed by atoms with Crippen LogP contribution in [0.2, 0.25) is 5.02 Å². The van der Waals surface area contributed by atoms with E-state index in [2.05, 4.69) is 20.3 Å². The molecule has 0 amide bonds. The van der Waals surface area contributed by atoms with E-state index in [0.29, 0.717) is 0 Å². The zero-order valence-electron chi connectivity index (χ0n) is 11.6. The lowest BCUT2D eigenvalue weighted by atomic mass is 10.1. The summed E-state index contributed by atoms with van der Waals surface area (Å²) in [6, 6.07) is 7.89. The van der Waals surface area contributed by atoms with Gasteiger partial charge in [0, 0.05) is 42.0 Å². The van der Waals surface area contributed by atoms with Gasteiger partial charge in [-0.3, -0.25) is 4.98 Å². The average molecular weight is 301 g/mol. The first kappa shape index (κ1) is 14.0. The van der Waals surface area contributed by atoms with Gasteiger partial charge in [0.05, 0.1) is 5.52 Å². The molecule has 0 atom stereocenters. The number of H-pyrrole nitrogens is 1. The van der Waals surface area contributed by atoms with E-state index < -0.39 is 0 Å². The molecule has 0 radical (unpaired) electrons. The number of rotatable bonds is 6. The zero-order chi connectivity index (χ0) is 14.5. The van der Waals surface area contributed by atoms with Gasteiger partial charge in [-0.15, -0.1) is 0 Å². The molecule has 3 rings (SSSR count). The maximum absolute atomic E-state index is 6.20. The molecule has 0 aliphatic rings. The number of nitrogens with zero attached hydrogens (tertiary/aromatic N) is 2. The monoisotopic (exact) mass is 300 g/mol. The largest absolute Gasteiger partial charge is 0.349 e. The molecule has 2 N–H and O–H groups in total. The molecule has 5 heteroatoms. The maximum Gasteiger partial charge on any atom is 0.106 e. The first-order chi connectivity index (χ1) is 10.3. The fourth-order valence-corrected chi connectivity index (χ4v) is 2.59. The molecule has 4 nitrogen and oxygen atoms in total. The molecule has 0 aliphatic heterocycles. The highest BCUT2D eigenvalue weighted by atomic mass is 35.5. The topological polar surface area (TPSA) is 53.6 Å². The Bertz CT molecular complexity index is 709. The SMILES string of the molecule is Clc1ccc(CNCCCc2ncc[nH]2)c2ncccc12. The van der Waals surface area contributed by atoms with Crippen LogP contribution in [0.1, 0.15) is 17.8 Å². The number of hydrogen-bond acceptors (Lipinski definition) is 3. The summed E-state index contributed by atoms with van der Waals surface area (Å²) in [5.74, 6) is 1.04. The van der Waals surface area contributed by atoms with E-state index in [1.165, 1.54) is 5.56 Å². The van der Waals surface area contributed by atoms with Crippen LogP contribution < -0.4 is 5.32 Å². The van der Waals surface area contributed by atoms with Crippen molar-refractivity contribution in [3.63, 3.8) is 0 Å². The molecule has 0 saturated carbocycles. The first-order valence-corrected chi connectivity index (χ1v) is 7.43. The van der Waals surface area contributed by atoms with Gasteiger partial charge in [-0.05, 0) is 36.7 Å². The van der Waals surface area contributed by atoms with Gasteiger partial charge < -0.3 is 10.3 Å². The molecule has 0 unspecified atom stereocenters. The van der Waals surface area contributed by atoms with Crippen molar-refractivity contribution in [1.29, 1.82) is 0 Å². The average Bonchev–Trinajstić information content (AvgIpc) is 3.03. The van der Waals surface area contributed by atoms with E-state index in [1.54, 1.807) is 12.4 Å². The van der Waals surface area contributed by atoms with E-state index in [0.717, 1.165) is 47.7 Å². The van der Waals surface area contributed by atoms with Crippen molar-refractivity contribution in [3.8, 4) is 0 Å². The fourth-order valence-electron chi connectivity index (χ4n) is 2.38. The molecule has 2 aromatic heterocycles. The summed E-state index contributed by atoms with van der Waals surface area (Å²) >= 11 is 6.20. The van der Waals surface area contributed by atoms with Crippen LogP contribution in [0.5, 0.6) is 0 Å². The third-order valence-corrected chi connectivity index (χ3v) is 3.77. The second kappa shape index (κ2) is 6.70. The first-order valence-electron chi connectivity index (χ1n) is 7.05. The van der Waals surface area contributed by atoms with Crippen LogP contribution in [0, 0.1) is 0 Å². The lowest BCUT2D eigenvalue weighted by Gasteiger charge is -2.08. The highest BCUT2D eigenvalue weighted by Gasteiger charge is 2.05. The summed E-state index contributed by atoms with van der Waals surface area (Å²) in [5, 5.41) is 5.21. The van der Waals surface area contributed by atoms with Crippen molar-refractivity contribution < 1.29 is 0 Å². The zero-order valence-corrected chi connectivity index (χ0v) is 12.4. The van der Waals surface area contributed by atoms with Gasteiger partial charge in [0.15, 0.2) is 0 Å². The summed E-state index contributed by atoms with van der Waals surface area (Å²) < 4.78 is 0. The normalized spacial score (nSPS) is 11.1. The smallest absolute Gasteiger partial charge is 0.106 e. The third-order valence-electron chi connectivity index (χ3n) is 3.44. The highest BCUT2D eigenvalue weighted by Crippen LogP contribution is 2.24. The predicted molar refractivity (Wildman–Crippen MR) is 85.4 cm³/mol. The van der Waals surface area contributed by atoms with Crippen molar-refractivity contribution in [2.45, 2.75) is 19.4 Å². The lowest BCUT2D eigenvalue weighted by molar-refractivity contribution is 0.642. The molecular formula is C16H17ClN4. The number of aromatic amines is 1. The van der Waals surface area contributed by atoms with E-state index in [1.807, 2.05) is 30.5 Å². The van der Waals surface area contributed by atoms with Crippen LogP contribution in [0.15, 0.2) is 42.9 Å². The Balaban J connectivity index is 1.57. The van der Waals surface area contributed by atoms with Crippen molar-refractivity contribution in [3.05, 3.63) is 59.3 Å². The summed E-state index contributed by atoms with van der Waals surface area (Å²) in [6.45, 7) is 1.74. The van der Waals surface area contributed by atoms with Crippen LogP contribution in [-0.4, -0.2) is 21.5 Å². The Morgan fingerprint density at radius 3 is 2.95 bits per heavy atom. The van der Waals surface area contributed by atoms with E-state index >= 15 is 0 Å². The second-order valence-corrected chi connectivity index (χ2v) is 5.33. The number of aromatic nitrogens is 3. The van der Waals surface area contributed by atoms with E-state index in [4.69, 9.17) is 11.6 Å². The molecule has 2 heterocycles. The Morgan fingerprint density at radius 2 is 2.10 bits per heavy atom. The molecular weight excluding hydrogens is 284 g/mol. The second-order valence-electron chi connectivity index (χ2n) is 4.92. The summed E-state index contributed by atoms with van der Waals surface area (Å²) in [7, 11) is 0. The number of nitrogens with one attached hydrogen (secondary N) is 2. The number of pyridine rings is 1.